The van der Waals surface area contributed by atoms with E-state index >= 15 is 0 Å². The Morgan fingerprint density at radius 2 is 1.79 bits per heavy atom. The summed E-state index contributed by atoms with van der Waals surface area (Å²) in [7, 11) is 0. The third-order valence-electron chi connectivity index (χ3n) is 2.89. The standard InChI is InChI=1S/C15H12ClN3/c16-10-1-6-13-14(7-8-18-15(13)9-10)19-12-4-2-11(17)3-5-12/h1-9H,17H2,(H,18,19). The van der Waals surface area contributed by atoms with Crippen LogP contribution in [0.3, 0.4) is 0 Å². The van der Waals surface area contributed by atoms with Crippen LogP contribution in [0.15, 0.2) is 54.7 Å². The number of halogens is 1. The SMILES string of the molecule is Nc1ccc(Nc2ccnc3cc(Cl)ccc23)cc1. The summed E-state index contributed by atoms with van der Waals surface area (Å²) < 4.78 is 0. The molecular formula is C15H12ClN3. The topological polar surface area (TPSA) is 50.9 Å². The predicted octanol–water partition coefficient (Wildman–Crippen LogP) is 4.21. The Bertz CT molecular complexity index is 723. The van der Waals surface area contributed by atoms with Crippen LogP contribution >= 0.6 is 11.6 Å². The molecule has 0 saturated carbocycles. The van der Waals surface area contributed by atoms with E-state index in [1.807, 2.05) is 48.5 Å². The second kappa shape index (κ2) is 4.78. The van der Waals surface area contributed by atoms with Gasteiger partial charge in [0.1, 0.15) is 0 Å². The van der Waals surface area contributed by atoms with Gasteiger partial charge in [-0.1, -0.05) is 11.6 Å². The zero-order valence-electron chi connectivity index (χ0n) is 10.1. The molecule has 0 atom stereocenters. The van der Waals surface area contributed by atoms with Gasteiger partial charge in [0.2, 0.25) is 0 Å². The number of hydrogen-bond donors (Lipinski definition) is 2. The van der Waals surface area contributed by atoms with Crippen molar-refractivity contribution < 1.29 is 0 Å². The van der Waals surface area contributed by atoms with Crippen LogP contribution in [0.1, 0.15) is 0 Å². The Labute approximate surface area is 116 Å². The van der Waals surface area contributed by atoms with Gasteiger partial charge < -0.3 is 11.1 Å². The van der Waals surface area contributed by atoms with Crippen molar-refractivity contribution in [3.8, 4) is 0 Å². The molecule has 94 valence electrons. The summed E-state index contributed by atoms with van der Waals surface area (Å²) >= 11 is 5.97. The van der Waals surface area contributed by atoms with Gasteiger partial charge in [0.05, 0.1) is 5.52 Å². The molecule has 1 heterocycles. The van der Waals surface area contributed by atoms with Crippen LogP contribution in [-0.4, -0.2) is 4.98 Å². The first kappa shape index (κ1) is 11.8. The monoisotopic (exact) mass is 269 g/mol. The number of nitrogens with two attached hydrogens (primary N) is 1. The first-order valence-corrected chi connectivity index (χ1v) is 6.27. The molecule has 2 aromatic carbocycles. The number of nitrogen functional groups attached to an aromatic ring is 1. The third kappa shape index (κ3) is 2.46. The molecule has 0 bridgehead atoms. The van der Waals surface area contributed by atoms with Crippen LogP contribution in [0.5, 0.6) is 0 Å². The molecule has 1 aromatic heterocycles. The normalized spacial score (nSPS) is 10.6. The Morgan fingerprint density at radius 1 is 1.00 bits per heavy atom. The van der Waals surface area contributed by atoms with Gasteiger partial charge in [-0.05, 0) is 48.5 Å². The average Bonchev–Trinajstić information content (AvgIpc) is 2.41. The third-order valence-corrected chi connectivity index (χ3v) is 3.13. The maximum absolute atomic E-state index is 5.97. The first-order valence-electron chi connectivity index (χ1n) is 5.89. The summed E-state index contributed by atoms with van der Waals surface area (Å²) in [6.45, 7) is 0. The fourth-order valence-electron chi connectivity index (χ4n) is 1.95. The van der Waals surface area contributed by atoms with Gasteiger partial charge in [0, 0.05) is 33.7 Å². The van der Waals surface area contributed by atoms with E-state index in [1.165, 1.54) is 0 Å². The lowest BCUT2D eigenvalue weighted by atomic mass is 10.2. The predicted molar refractivity (Wildman–Crippen MR) is 80.9 cm³/mol. The second-order valence-electron chi connectivity index (χ2n) is 4.27. The van der Waals surface area contributed by atoms with Crippen LogP contribution in [0, 0.1) is 0 Å². The Kier molecular flexibility index (Phi) is 2.97. The van der Waals surface area contributed by atoms with Crippen molar-refractivity contribution in [1.82, 2.24) is 4.98 Å². The lowest BCUT2D eigenvalue weighted by molar-refractivity contribution is 1.40. The smallest absolute Gasteiger partial charge is 0.0737 e. The van der Waals surface area contributed by atoms with E-state index in [2.05, 4.69) is 10.3 Å². The maximum atomic E-state index is 5.97. The van der Waals surface area contributed by atoms with Crippen molar-refractivity contribution in [3.05, 3.63) is 59.8 Å². The van der Waals surface area contributed by atoms with Crippen molar-refractivity contribution in [2.75, 3.05) is 11.1 Å². The molecule has 19 heavy (non-hydrogen) atoms. The highest BCUT2D eigenvalue weighted by Gasteiger charge is 2.03. The molecule has 0 unspecified atom stereocenters. The fraction of sp³-hybridized carbons (Fsp3) is 0. The molecular weight excluding hydrogens is 258 g/mol. The Balaban J connectivity index is 2.03. The van der Waals surface area contributed by atoms with Gasteiger partial charge in [-0.2, -0.15) is 0 Å². The number of pyridine rings is 1. The number of nitrogens with one attached hydrogen (secondary N) is 1. The highest BCUT2D eigenvalue weighted by molar-refractivity contribution is 6.31. The molecule has 0 spiro atoms. The second-order valence-corrected chi connectivity index (χ2v) is 4.70. The molecule has 3 N–H and O–H groups in total. The molecule has 0 aliphatic carbocycles. The molecule has 3 rings (SSSR count). The van der Waals surface area contributed by atoms with E-state index in [0.29, 0.717) is 5.02 Å². The number of fused-ring (bicyclic) bond motifs is 1. The quantitative estimate of drug-likeness (QED) is 0.685. The number of anilines is 3. The minimum absolute atomic E-state index is 0.685. The summed E-state index contributed by atoms with van der Waals surface area (Å²) in [5.41, 5.74) is 9.27. The van der Waals surface area contributed by atoms with Crippen molar-refractivity contribution in [1.29, 1.82) is 0 Å². The number of aromatic nitrogens is 1. The van der Waals surface area contributed by atoms with E-state index in [4.69, 9.17) is 17.3 Å². The summed E-state index contributed by atoms with van der Waals surface area (Å²) in [6, 6.07) is 15.2. The van der Waals surface area contributed by atoms with E-state index in [9.17, 15) is 0 Å². The van der Waals surface area contributed by atoms with E-state index in [0.717, 1.165) is 28.0 Å². The lowest BCUT2D eigenvalue weighted by Crippen LogP contribution is -1.93. The highest BCUT2D eigenvalue weighted by Crippen LogP contribution is 2.27. The van der Waals surface area contributed by atoms with E-state index in [1.54, 1.807) is 6.20 Å². The average molecular weight is 270 g/mol. The molecule has 0 radical (unpaired) electrons. The van der Waals surface area contributed by atoms with Gasteiger partial charge in [0.15, 0.2) is 0 Å². The zero-order chi connectivity index (χ0) is 13.2. The molecule has 0 fully saturated rings. The number of nitrogens with zero attached hydrogens (tertiary/aromatic N) is 1. The van der Waals surface area contributed by atoms with Gasteiger partial charge in [0.25, 0.3) is 0 Å². The fourth-order valence-corrected chi connectivity index (χ4v) is 2.12. The van der Waals surface area contributed by atoms with Crippen molar-refractivity contribution in [2.45, 2.75) is 0 Å². The Morgan fingerprint density at radius 3 is 2.58 bits per heavy atom. The molecule has 3 nitrogen and oxygen atoms in total. The molecule has 4 heteroatoms. The van der Waals surface area contributed by atoms with Gasteiger partial charge in [-0.15, -0.1) is 0 Å². The van der Waals surface area contributed by atoms with Gasteiger partial charge in [-0.25, -0.2) is 0 Å². The maximum Gasteiger partial charge on any atom is 0.0737 e. The Hall–Kier alpha value is -2.26. The van der Waals surface area contributed by atoms with Crippen LogP contribution in [0.4, 0.5) is 17.1 Å². The summed E-state index contributed by atoms with van der Waals surface area (Å²) in [4.78, 5) is 4.31. The molecule has 0 amide bonds. The van der Waals surface area contributed by atoms with E-state index < -0.39 is 0 Å². The first-order chi connectivity index (χ1) is 9.22. The van der Waals surface area contributed by atoms with Crippen molar-refractivity contribution in [2.24, 2.45) is 0 Å². The molecule has 0 aliphatic rings. The minimum Gasteiger partial charge on any atom is -0.399 e. The van der Waals surface area contributed by atoms with Crippen LogP contribution in [0.2, 0.25) is 5.02 Å². The van der Waals surface area contributed by atoms with E-state index in [-0.39, 0.29) is 0 Å². The summed E-state index contributed by atoms with van der Waals surface area (Å²) in [6.07, 6.45) is 1.76. The zero-order valence-corrected chi connectivity index (χ0v) is 10.9. The van der Waals surface area contributed by atoms with Crippen LogP contribution in [0.25, 0.3) is 10.9 Å². The molecule has 0 saturated heterocycles. The number of rotatable bonds is 2. The highest BCUT2D eigenvalue weighted by atomic mass is 35.5. The largest absolute Gasteiger partial charge is 0.399 e. The minimum atomic E-state index is 0.685. The van der Waals surface area contributed by atoms with Gasteiger partial charge in [-0.3, -0.25) is 4.98 Å². The summed E-state index contributed by atoms with van der Waals surface area (Å²) in [5.74, 6) is 0. The van der Waals surface area contributed by atoms with Gasteiger partial charge >= 0.3 is 0 Å². The van der Waals surface area contributed by atoms with Crippen LogP contribution < -0.4 is 11.1 Å². The molecule has 0 aliphatic heterocycles. The lowest BCUT2D eigenvalue weighted by Gasteiger charge is -2.09. The van der Waals surface area contributed by atoms with Crippen molar-refractivity contribution in [3.63, 3.8) is 0 Å². The number of hydrogen-bond acceptors (Lipinski definition) is 3. The summed E-state index contributed by atoms with van der Waals surface area (Å²) in [5, 5.41) is 5.07. The van der Waals surface area contributed by atoms with Crippen LogP contribution in [-0.2, 0) is 0 Å². The number of benzene rings is 2. The van der Waals surface area contributed by atoms with Crippen molar-refractivity contribution >= 4 is 39.6 Å². The molecule has 3 aromatic rings.